The van der Waals surface area contributed by atoms with Crippen LogP contribution < -0.4 is 10.6 Å². The second-order valence-corrected chi connectivity index (χ2v) is 5.19. The average Bonchev–Trinajstić information content (AvgIpc) is 2.39. The fourth-order valence-corrected chi connectivity index (χ4v) is 1.71. The lowest BCUT2D eigenvalue weighted by molar-refractivity contribution is -0.115. The van der Waals surface area contributed by atoms with E-state index in [0.29, 0.717) is 16.3 Å². The molecule has 2 amide bonds. The molecule has 0 heterocycles. The Kier molecular flexibility index (Phi) is 8.32. The number of halogens is 2. The zero-order valence-electron chi connectivity index (χ0n) is 12.6. The van der Waals surface area contributed by atoms with Crippen LogP contribution >= 0.6 is 24.0 Å². The highest BCUT2D eigenvalue weighted by atomic mass is 35.5. The van der Waals surface area contributed by atoms with Gasteiger partial charge in [-0.1, -0.05) is 11.6 Å². The lowest BCUT2D eigenvalue weighted by atomic mass is 10.1. The van der Waals surface area contributed by atoms with Crippen molar-refractivity contribution in [1.29, 1.82) is 0 Å². The molecule has 0 aromatic heterocycles. The molecular weight excluding hydrogens is 313 g/mol. The maximum Gasteiger partial charge on any atom is 0.253 e. The summed E-state index contributed by atoms with van der Waals surface area (Å²) in [6, 6.07) is 4.95. The third-order valence-corrected chi connectivity index (χ3v) is 3.25. The fraction of sp³-hybridized carbons (Fsp3) is 0.429. The topological polar surface area (TPSA) is 61.4 Å². The maximum absolute atomic E-state index is 12.2. The molecule has 0 bridgehead atoms. The van der Waals surface area contributed by atoms with Crippen LogP contribution in [0.3, 0.4) is 0 Å². The van der Waals surface area contributed by atoms with Crippen LogP contribution in [0.2, 0.25) is 5.02 Å². The Labute approximate surface area is 136 Å². The summed E-state index contributed by atoms with van der Waals surface area (Å²) in [7, 11) is 3.42. The van der Waals surface area contributed by atoms with Gasteiger partial charge in [0.25, 0.3) is 5.91 Å². The minimum Gasteiger partial charge on any atom is -0.339 e. The summed E-state index contributed by atoms with van der Waals surface area (Å²) in [5.74, 6) is -0.322. The molecule has 7 heteroatoms. The van der Waals surface area contributed by atoms with E-state index in [4.69, 9.17) is 11.6 Å². The van der Waals surface area contributed by atoms with Crippen molar-refractivity contribution >= 4 is 41.5 Å². The first-order valence-electron chi connectivity index (χ1n) is 6.38. The van der Waals surface area contributed by atoms with Gasteiger partial charge in [0.1, 0.15) is 0 Å². The van der Waals surface area contributed by atoms with E-state index < -0.39 is 0 Å². The summed E-state index contributed by atoms with van der Waals surface area (Å²) < 4.78 is 0. The molecule has 0 aliphatic heterocycles. The maximum atomic E-state index is 12.2. The highest BCUT2D eigenvalue weighted by Crippen LogP contribution is 2.23. The van der Waals surface area contributed by atoms with E-state index in [1.807, 2.05) is 13.8 Å². The Morgan fingerprint density at radius 2 is 1.95 bits per heavy atom. The van der Waals surface area contributed by atoms with Crippen molar-refractivity contribution in [3.63, 3.8) is 0 Å². The van der Waals surface area contributed by atoms with Gasteiger partial charge < -0.3 is 15.5 Å². The largest absolute Gasteiger partial charge is 0.339 e. The number of hydrogen-bond donors (Lipinski definition) is 2. The number of amides is 2. The van der Waals surface area contributed by atoms with E-state index in [9.17, 15) is 9.59 Å². The van der Waals surface area contributed by atoms with E-state index in [2.05, 4.69) is 10.6 Å². The number of rotatable bonds is 5. The molecule has 0 saturated heterocycles. The summed E-state index contributed by atoms with van der Waals surface area (Å²) >= 11 is 6.03. The third-order valence-electron chi connectivity index (χ3n) is 2.92. The molecule has 1 aromatic carbocycles. The second kappa shape index (κ2) is 8.87. The summed E-state index contributed by atoms with van der Waals surface area (Å²) in [6.07, 6.45) is 0. The molecule has 0 atom stereocenters. The molecule has 0 radical (unpaired) electrons. The molecule has 0 fully saturated rings. The van der Waals surface area contributed by atoms with Gasteiger partial charge in [-0.3, -0.25) is 9.59 Å². The van der Waals surface area contributed by atoms with Gasteiger partial charge in [-0.05, 0) is 39.1 Å². The van der Waals surface area contributed by atoms with Gasteiger partial charge in [-0.25, -0.2) is 0 Å². The van der Waals surface area contributed by atoms with Crippen LogP contribution in [0.25, 0.3) is 0 Å². The Balaban J connectivity index is 0.00000400. The van der Waals surface area contributed by atoms with E-state index in [1.165, 1.54) is 0 Å². The third kappa shape index (κ3) is 5.53. The Morgan fingerprint density at radius 3 is 2.48 bits per heavy atom. The van der Waals surface area contributed by atoms with Gasteiger partial charge in [-0.15, -0.1) is 12.4 Å². The van der Waals surface area contributed by atoms with Crippen molar-refractivity contribution in [2.75, 3.05) is 26.0 Å². The average molecular weight is 334 g/mol. The van der Waals surface area contributed by atoms with Crippen molar-refractivity contribution in [3.8, 4) is 0 Å². The van der Waals surface area contributed by atoms with Gasteiger partial charge >= 0.3 is 0 Å². The van der Waals surface area contributed by atoms with Gasteiger partial charge in [0.2, 0.25) is 5.91 Å². The molecule has 0 unspecified atom stereocenters. The van der Waals surface area contributed by atoms with Gasteiger partial charge in [0.15, 0.2) is 0 Å². The molecule has 0 saturated carbocycles. The van der Waals surface area contributed by atoms with Crippen LogP contribution in [0.15, 0.2) is 18.2 Å². The Morgan fingerprint density at radius 1 is 1.33 bits per heavy atom. The van der Waals surface area contributed by atoms with Crippen LogP contribution in [0, 0.1) is 0 Å². The van der Waals surface area contributed by atoms with Crippen LogP contribution in [-0.2, 0) is 4.79 Å². The number of likely N-dealkylation sites (N-methyl/N-ethyl adjacent to an activating group) is 1. The van der Waals surface area contributed by atoms with E-state index in [-0.39, 0.29) is 36.8 Å². The van der Waals surface area contributed by atoms with Crippen molar-refractivity contribution in [3.05, 3.63) is 28.8 Å². The molecule has 118 valence electrons. The van der Waals surface area contributed by atoms with Crippen molar-refractivity contribution in [2.45, 2.75) is 19.9 Å². The standard InChI is InChI=1S/C14H20ClN3O2.ClH/c1-9(2)18(4)14(20)10-5-6-11(15)12(7-10)17-13(19)8-16-3;/h5-7,9,16H,8H2,1-4H3,(H,17,19);1H. The quantitative estimate of drug-likeness (QED) is 0.869. The van der Waals surface area contributed by atoms with Crippen molar-refractivity contribution < 1.29 is 9.59 Å². The minimum atomic E-state index is -0.212. The number of carbonyl (C=O) groups is 2. The summed E-state index contributed by atoms with van der Waals surface area (Å²) in [4.78, 5) is 25.4. The number of carbonyl (C=O) groups excluding carboxylic acids is 2. The Hall–Kier alpha value is -1.30. The van der Waals surface area contributed by atoms with Gasteiger partial charge in [-0.2, -0.15) is 0 Å². The van der Waals surface area contributed by atoms with Crippen LogP contribution in [0.5, 0.6) is 0 Å². The predicted octanol–water partition coefficient (Wildman–Crippen LogP) is 2.40. The molecule has 1 rings (SSSR count). The number of nitrogens with one attached hydrogen (secondary N) is 2. The van der Waals surface area contributed by atoms with Crippen LogP contribution in [-0.4, -0.2) is 43.4 Å². The lowest BCUT2D eigenvalue weighted by Crippen LogP contribution is -2.33. The first kappa shape index (κ1) is 19.7. The van der Waals surface area contributed by atoms with E-state index >= 15 is 0 Å². The van der Waals surface area contributed by atoms with Crippen molar-refractivity contribution in [1.82, 2.24) is 10.2 Å². The minimum absolute atomic E-state index is 0. The Bertz CT molecular complexity index is 507. The molecule has 21 heavy (non-hydrogen) atoms. The van der Waals surface area contributed by atoms with E-state index in [1.54, 1.807) is 37.2 Å². The SMILES string of the molecule is CNCC(=O)Nc1cc(C(=O)N(C)C(C)C)ccc1Cl.Cl. The monoisotopic (exact) mass is 333 g/mol. The molecule has 2 N–H and O–H groups in total. The smallest absolute Gasteiger partial charge is 0.253 e. The number of hydrogen-bond acceptors (Lipinski definition) is 3. The van der Waals surface area contributed by atoms with Gasteiger partial charge in [0.05, 0.1) is 17.3 Å². The normalized spacial score (nSPS) is 10.0. The first-order chi connectivity index (χ1) is 9.36. The van der Waals surface area contributed by atoms with E-state index in [0.717, 1.165) is 0 Å². The molecule has 0 aliphatic carbocycles. The second-order valence-electron chi connectivity index (χ2n) is 4.78. The molecule has 1 aromatic rings. The van der Waals surface area contributed by atoms with Crippen LogP contribution in [0.1, 0.15) is 24.2 Å². The molecule has 5 nitrogen and oxygen atoms in total. The summed E-state index contributed by atoms with van der Waals surface area (Å²) in [5.41, 5.74) is 0.931. The molecular formula is C14H21Cl2N3O2. The van der Waals surface area contributed by atoms with Gasteiger partial charge in [0, 0.05) is 18.7 Å². The summed E-state index contributed by atoms with van der Waals surface area (Å²) in [5, 5.41) is 5.82. The van der Waals surface area contributed by atoms with Crippen LogP contribution in [0.4, 0.5) is 5.69 Å². The summed E-state index contributed by atoms with van der Waals surface area (Å²) in [6.45, 7) is 4.05. The number of anilines is 1. The highest BCUT2D eigenvalue weighted by Gasteiger charge is 2.16. The fourth-order valence-electron chi connectivity index (χ4n) is 1.55. The zero-order valence-corrected chi connectivity index (χ0v) is 14.1. The molecule has 0 aliphatic rings. The molecule has 0 spiro atoms. The zero-order chi connectivity index (χ0) is 15.3. The predicted molar refractivity (Wildman–Crippen MR) is 88.5 cm³/mol. The van der Waals surface area contributed by atoms with Crippen molar-refractivity contribution in [2.24, 2.45) is 0 Å². The highest BCUT2D eigenvalue weighted by molar-refractivity contribution is 6.33. The lowest BCUT2D eigenvalue weighted by Gasteiger charge is -2.22. The number of nitrogens with zero attached hydrogens (tertiary/aromatic N) is 1. The first-order valence-corrected chi connectivity index (χ1v) is 6.75. The number of benzene rings is 1.